The molecule has 18 heavy (non-hydrogen) atoms. The molecule has 1 N–H and O–H groups in total. The molecule has 2 rings (SSSR count). The minimum absolute atomic E-state index is 0.0794. The summed E-state index contributed by atoms with van der Waals surface area (Å²) in [4.78, 5) is 16.8. The molecular formula is C14H27N3O. The third kappa shape index (κ3) is 3.23. The quantitative estimate of drug-likeness (QED) is 0.769. The second-order valence-corrected chi connectivity index (χ2v) is 5.67. The van der Waals surface area contributed by atoms with E-state index in [-0.39, 0.29) is 6.04 Å². The smallest absolute Gasteiger partial charge is 0.239 e. The number of nitrogens with zero attached hydrogens (tertiary/aromatic N) is 2. The molecule has 0 aliphatic carbocycles. The second-order valence-electron chi connectivity index (χ2n) is 5.67. The van der Waals surface area contributed by atoms with Gasteiger partial charge in [0.15, 0.2) is 0 Å². The van der Waals surface area contributed by atoms with Crippen molar-refractivity contribution in [2.24, 2.45) is 0 Å². The number of rotatable bonds is 6. The standard InChI is InChI=1S/C14H27N3O/c1-3-7-15-13-6-10-17(14(13)18)11-12(2)16-8-4-5-9-16/h12-13,15H,3-11H2,1-2H3. The number of hydrogen-bond donors (Lipinski definition) is 1. The summed E-state index contributed by atoms with van der Waals surface area (Å²) in [6, 6.07) is 0.595. The lowest BCUT2D eigenvalue weighted by atomic mass is 10.2. The Labute approximate surface area is 111 Å². The summed E-state index contributed by atoms with van der Waals surface area (Å²) in [7, 11) is 0. The number of carbonyl (C=O) groups is 1. The largest absolute Gasteiger partial charge is 0.340 e. The van der Waals surface area contributed by atoms with Gasteiger partial charge in [0.05, 0.1) is 6.04 Å². The van der Waals surface area contributed by atoms with Crippen LogP contribution in [0, 0.1) is 0 Å². The Bertz CT molecular complexity index is 276. The molecule has 4 nitrogen and oxygen atoms in total. The van der Waals surface area contributed by atoms with E-state index in [4.69, 9.17) is 0 Å². The van der Waals surface area contributed by atoms with Crippen molar-refractivity contribution in [2.75, 3.05) is 32.7 Å². The molecule has 0 saturated carbocycles. The van der Waals surface area contributed by atoms with Crippen LogP contribution in [0.1, 0.15) is 39.5 Å². The van der Waals surface area contributed by atoms with Gasteiger partial charge in [-0.15, -0.1) is 0 Å². The van der Waals surface area contributed by atoms with Gasteiger partial charge in [0.25, 0.3) is 0 Å². The molecule has 2 unspecified atom stereocenters. The Morgan fingerprint density at radius 2 is 2.06 bits per heavy atom. The van der Waals surface area contributed by atoms with Crippen LogP contribution in [0.4, 0.5) is 0 Å². The van der Waals surface area contributed by atoms with Gasteiger partial charge in [0, 0.05) is 19.1 Å². The van der Waals surface area contributed by atoms with Crippen LogP contribution in [0.15, 0.2) is 0 Å². The minimum Gasteiger partial charge on any atom is -0.340 e. The van der Waals surface area contributed by atoms with E-state index in [1.165, 1.54) is 25.9 Å². The van der Waals surface area contributed by atoms with Crippen LogP contribution in [0.3, 0.4) is 0 Å². The average molecular weight is 253 g/mol. The lowest BCUT2D eigenvalue weighted by Gasteiger charge is -2.28. The first-order valence-corrected chi connectivity index (χ1v) is 7.48. The maximum atomic E-state index is 12.2. The van der Waals surface area contributed by atoms with Crippen molar-refractivity contribution in [1.29, 1.82) is 0 Å². The Morgan fingerprint density at radius 3 is 2.72 bits per heavy atom. The van der Waals surface area contributed by atoms with Gasteiger partial charge in [-0.05, 0) is 52.2 Å². The van der Waals surface area contributed by atoms with Crippen LogP contribution in [0.25, 0.3) is 0 Å². The molecule has 2 fully saturated rings. The topological polar surface area (TPSA) is 35.6 Å². The van der Waals surface area contributed by atoms with E-state index in [0.29, 0.717) is 11.9 Å². The predicted octanol–water partition coefficient (Wildman–Crippen LogP) is 1.07. The van der Waals surface area contributed by atoms with Crippen molar-refractivity contribution < 1.29 is 4.79 Å². The van der Waals surface area contributed by atoms with E-state index in [1.807, 2.05) is 0 Å². The number of carbonyl (C=O) groups excluding carboxylic acids is 1. The lowest BCUT2D eigenvalue weighted by molar-refractivity contribution is -0.130. The third-order valence-corrected chi connectivity index (χ3v) is 4.19. The van der Waals surface area contributed by atoms with Crippen molar-refractivity contribution in [3.8, 4) is 0 Å². The van der Waals surface area contributed by atoms with Crippen molar-refractivity contribution in [1.82, 2.24) is 15.1 Å². The molecule has 104 valence electrons. The molecule has 0 aromatic carbocycles. The highest BCUT2D eigenvalue weighted by molar-refractivity contribution is 5.84. The van der Waals surface area contributed by atoms with Gasteiger partial charge < -0.3 is 10.2 Å². The van der Waals surface area contributed by atoms with Crippen LogP contribution < -0.4 is 5.32 Å². The maximum absolute atomic E-state index is 12.2. The zero-order chi connectivity index (χ0) is 13.0. The van der Waals surface area contributed by atoms with Gasteiger partial charge in [-0.2, -0.15) is 0 Å². The molecule has 4 heteroatoms. The number of nitrogens with one attached hydrogen (secondary N) is 1. The summed E-state index contributed by atoms with van der Waals surface area (Å²) in [5.41, 5.74) is 0. The third-order valence-electron chi connectivity index (χ3n) is 4.19. The van der Waals surface area contributed by atoms with Gasteiger partial charge >= 0.3 is 0 Å². The molecule has 0 spiro atoms. The first-order valence-electron chi connectivity index (χ1n) is 7.48. The Balaban J connectivity index is 1.78. The van der Waals surface area contributed by atoms with Gasteiger partial charge in [0.1, 0.15) is 0 Å². The molecule has 2 heterocycles. The summed E-state index contributed by atoms with van der Waals surface area (Å²) in [6.07, 6.45) is 4.71. The molecule has 2 saturated heterocycles. The Kier molecular flexibility index (Phi) is 5.01. The van der Waals surface area contributed by atoms with Crippen LogP contribution in [-0.2, 0) is 4.79 Å². The predicted molar refractivity (Wildman–Crippen MR) is 73.5 cm³/mol. The van der Waals surface area contributed by atoms with E-state index >= 15 is 0 Å². The maximum Gasteiger partial charge on any atom is 0.239 e. The van der Waals surface area contributed by atoms with E-state index in [2.05, 4.69) is 29.0 Å². The molecular weight excluding hydrogens is 226 g/mol. The number of likely N-dealkylation sites (tertiary alicyclic amines) is 2. The molecule has 2 aliphatic rings. The Morgan fingerprint density at radius 1 is 1.33 bits per heavy atom. The lowest BCUT2D eigenvalue weighted by Crippen LogP contribution is -2.44. The number of hydrogen-bond acceptors (Lipinski definition) is 3. The van der Waals surface area contributed by atoms with Gasteiger partial charge in [-0.1, -0.05) is 6.92 Å². The Hall–Kier alpha value is -0.610. The fourth-order valence-corrected chi connectivity index (χ4v) is 3.04. The van der Waals surface area contributed by atoms with E-state index in [0.717, 1.165) is 32.5 Å². The molecule has 0 aromatic heterocycles. The fourth-order valence-electron chi connectivity index (χ4n) is 3.04. The van der Waals surface area contributed by atoms with Crippen molar-refractivity contribution in [3.63, 3.8) is 0 Å². The zero-order valence-electron chi connectivity index (χ0n) is 11.8. The minimum atomic E-state index is 0.0794. The summed E-state index contributed by atoms with van der Waals surface area (Å²) in [6.45, 7) is 9.60. The highest BCUT2D eigenvalue weighted by Crippen LogP contribution is 2.16. The first-order chi connectivity index (χ1) is 8.72. The van der Waals surface area contributed by atoms with Crippen LogP contribution >= 0.6 is 0 Å². The van der Waals surface area contributed by atoms with Crippen LogP contribution in [0.2, 0.25) is 0 Å². The summed E-state index contributed by atoms with van der Waals surface area (Å²) >= 11 is 0. The highest BCUT2D eigenvalue weighted by Gasteiger charge is 2.32. The van der Waals surface area contributed by atoms with Crippen molar-refractivity contribution in [3.05, 3.63) is 0 Å². The molecule has 2 atom stereocenters. The molecule has 1 amide bonds. The van der Waals surface area contributed by atoms with Crippen LogP contribution in [-0.4, -0.2) is 60.5 Å². The summed E-state index contributed by atoms with van der Waals surface area (Å²) < 4.78 is 0. The highest BCUT2D eigenvalue weighted by atomic mass is 16.2. The van der Waals surface area contributed by atoms with E-state index in [1.54, 1.807) is 0 Å². The fraction of sp³-hybridized carbons (Fsp3) is 0.929. The zero-order valence-corrected chi connectivity index (χ0v) is 11.8. The normalized spacial score (nSPS) is 27.1. The summed E-state index contributed by atoms with van der Waals surface area (Å²) in [5.74, 6) is 0.314. The van der Waals surface area contributed by atoms with Gasteiger partial charge in [-0.3, -0.25) is 9.69 Å². The summed E-state index contributed by atoms with van der Waals surface area (Å²) in [5, 5.41) is 3.35. The van der Waals surface area contributed by atoms with Crippen molar-refractivity contribution >= 4 is 5.91 Å². The first kappa shape index (κ1) is 13.8. The van der Waals surface area contributed by atoms with Gasteiger partial charge in [-0.25, -0.2) is 0 Å². The van der Waals surface area contributed by atoms with Gasteiger partial charge in [0.2, 0.25) is 5.91 Å². The monoisotopic (exact) mass is 253 g/mol. The van der Waals surface area contributed by atoms with E-state index in [9.17, 15) is 4.79 Å². The SMILES string of the molecule is CCCNC1CCN(CC(C)N2CCCC2)C1=O. The van der Waals surface area contributed by atoms with Crippen molar-refractivity contribution in [2.45, 2.75) is 51.6 Å². The molecule has 0 bridgehead atoms. The second kappa shape index (κ2) is 6.53. The number of amides is 1. The van der Waals surface area contributed by atoms with Crippen LogP contribution in [0.5, 0.6) is 0 Å². The molecule has 0 radical (unpaired) electrons. The molecule has 0 aromatic rings. The van der Waals surface area contributed by atoms with E-state index < -0.39 is 0 Å². The molecule has 2 aliphatic heterocycles. The average Bonchev–Trinajstić information content (AvgIpc) is 2.99.